The number of hydrogen-bond donors (Lipinski definition) is 1. The molecule has 4 heteroatoms. The first-order valence-corrected chi connectivity index (χ1v) is 17.3. The monoisotopic (exact) mass is 653 g/mol. The standard InChI is InChI=1S/C47H31N3O/c1-2-11-31(12-3-1)37-15-6-7-16-39(37)46-48-45(49-47(50-46)41-18-10-20-43-44(41)40-17-8-9-19-42(40)51-43)33-24-21-30(22-25-33)34-27-28-38-35(29-34)26-23-32-13-4-5-14-36(32)38/h1-29,47H,(H,48,49,50). The van der Waals surface area contributed by atoms with Gasteiger partial charge in [0, 0.05) is 27.5 Å². The van der Waals surface area contributed by atoms with Crippen molar-refractivity contribution in [3.8, 4) is 22.3 Å². The Morgan fingerprint density at radius 3 is 2.00 bits per heavy atom. The molecular weight excluding hydrogens is 623 g/mol. The summed E-state index contributed by atoms with van der Waals surface area (Å²) in [7, 11) is 0. The van der Waals surface area contributed by atoms with E-state index < -0.39 is 6.17 Å². The second-order valence-corrected chi connectivity index (χ2v) is 13.0. The van der Waals surface area contributed by atoms with E-state index in [0.717, 1.165) is 61.2 Å². The lowest BCUT2D eigenvalue weighted by Crippen LogP contribution is -2.34. The molecule has 1 atom stereocenters. The van der Waals surface area contributed by atoms with E-state index in [1.807, 2.05) is 30.3 Å². The Labute approximate surface area is 295 Å². The van der Waals surface area contributed by atoms with Crippen molar-refractivity contribution in [2.45, 2.75) is 6.17 Å². The molecule has 9 aromatic rings. The molecule has 240 valence electrons. The number of para-hydroxylation sites is 1. The van der Waals surface area contributed by atoms with Gasteiger partial charge >= 0.3 is 0 Å². The zero-order valence-corrected chi connectivity index (χ0v) is 27.6. The van der Waals surface area contributed by atoms with Crippen LogP contribution >= 0.6 is 0 Å². The van der Waals surface area contributed by atoms with E-state index in [2.05, 4.69) is 151 Å². The van der Waals surface area contributed by atoms with Gasteiger partial charge in [-0.15, -0.1) is 0 Å². The van der Waals surface area contributed by atoms with Crippen LogP contribution in [0.25, 0.3) is 65.7 Å². The number of aliphatic imine (C=N–C) groups is 2. The molecule has 0 bridgehead atoms. The van der Waals surface area contributed by atoms with Crippen molar-refractivity contribution < 1.29 is 4.42 Å². The summed E-state index contributed by atoms with van der Waals surface area (Å²) in [6.07, 6.45) is -0.393. The van der Waals surface area contributed by atoms with E-state index in [4.69, 9.17) is 14.4 Å². The lowest BCUT2D eigenvalue weighted by molar-refractivity contribution is 0.662. The molecule has 0 spiro atoms. The highest BCUT2D eigenvalue weighted by Crippen LogP contribution is 2.37. The molecule has 0 fully saturated rings. The Morgan fingerprint density at radius 1 is 0.451 bits per heavy atom. The van der Waals surface area contributed by atoms with Crippen LogP contribution in [0.3, 0.4) is 0 Å². The number of rotatable bonds is 5. The van der Waals surface area contributed by atoms with Crippen molar-refractivity contribution in [3.63, 3.8) is 0 Å². The van der Waals surface area contributed by atoms with Crippen LogP contribution in [0.15, 0.2) is 190 Å². The highest BCUT2D eigenvalue weighted by molar-refractivity contribution is 6.16. The first kappa shape index (κ1) is 29.2. The lowest BCUT2D eigenvalue weighted by Gasteiger charge is -2.25. The van der Waals surface area contributed by atoms with Crippen molar-refractivity contribution in [2.24, 2.45) is 9.98 Å². The van der Waals surface area contributed by atoms with E-state index >= 15 is 0 Å². The molecule has 1 unspecified atom stereocenters. The molecule has 2 heterocycles. The van der Waals surface area contributed by atoms with E-state index in [0.29, 0.717) is 5.84 Å². The third-order valence-corrected chi connectivity index (χ3v) is 9.96. The van der Waals surface area contributed by atoms with Crippen LogP contribution in [0.2, 0.25) is 0 Å². The van der Waals surface area contributed by atoms with Crippen LogP contribution in [0.5, 0.6) is 0 Å². The Bertz CT molecular complexity index is 2830. The van der Waals surface area contributed by atoms with E-state index in [1.165, 1.54) is 27.1 Å². The van der Waals surface area contributed by atoms with Gasteiger partial charge in [-0.25, -0.2) is 9.98 Å². The number of hydrogen-bond acceptors (Lipinski definition) is 4. The quantitative estimate of drug-likeness (QED) is 0.188. The van der Waals surface area contributed by atoms with E-state index in [1.54, 1.807) is 0 Å². The lowest BCUT2D eigenvalue weighted by atomic mass is 9.96. The number of fused-ring (bicyclic) bond motifs is 6. The summed E-state index contributed by atoms with van der Waals surface area (Å²) in [5.74, 6) is 1.46. The van der Waals surface area contributed by atoms with Crippen molar-refractivity contribution in [1.29, 1.82) is 0 Å². The van der Waals surface area contributed by atoms with Gasteiger partial charge in [-0.05, 0) is 62.0 Å². The minimum atomic E-state index is -0.393. The highest BCUT2D eigenvalue weighted by atomic mass is 16.3. The van der Waals surface area contributed by atoms with Crippen LogP contribution in [-0.4, -0.2) is 11.7 Å². The fraction of sp³-hybridized carbons (Fsp3) is 0.0213. The van der Waals surface area contributed by atoms with Crippen LogP contribution < -0.4 is 5.32 Å². The minimum absolute atomic E-state index is 0.393. The number of amidine groups is 2. The van der Waals surface area contributed by atoms with Gasteiger partial charge < -0.3 is 9.73 Å². The summed E-state index contributed by atoms with van der Waals surface area (Å²) in [5.41, 5.74) is 9.28. The van der Waals surface area contributed by atoms with Gasteiger partial charge in [0.1, 0.15) is 23.2 Å². The van der Waals surface area contributed by atoms with Crippen molar-refractivity contribution in [3.05, 3.63) is 193 Å². The first-order valence-electron chi connectivity index (χ1n) is 17.3. The molecule has 0 saturated carbocycles. The predicted molar refractivity (Wildman–Crippen MR) is 211 cm³/mol. The molecule has 1 N–H and O–H groups in total. The summed E-state index contributed by atoms with van der Waals surface area (Å²) in [6, 6.07) is 61.6. The molecule has 1 aromatic heterocycles. The van der Waals surface area contributed by atoms with Crippen molar-refractivity contribution in [2.75, 3.05) is 0 Å². The summed E-state index contributed by atoms with van der Waals surface area (Å²) in [5, 5.41) is 10.9. The zero-order chi connectivity index (χ0) is 33.7. The molecule has 1 aliphatic rings. The van der Waals surface area contributed by atoms with Crippen molar-refractivity contribution >= 4 is 55.2 Å². The predicted octanol–water partition coefficient (Wildman–Crippen LogP) is 11.7. The van der Waals surface area contributed by atoms with Crippen LogP contribution in [0.1, 0.15) is 22.9 Å². The Hall–Kier alpha value is -6.78. The molecular formula is C47H31N3O. The fourth-order valence-corrected chi connectivity index (χ4v) is 7.47. The summed E-state index contributed by atoms with van der Waals surface area (Å²) in [6.45, 7) is 0. The van der Waals surface area contributed by atoms with E-state index in [-0.39, 0.29) is 0 Å². The summed E-state index contributed by atoms with van der Waals surface area (Å²) >= 11 is 0. The molecule has 0 aliphatic carbocycles. The molecule has 10 rings (SSSR count). The average molecular weight is 654 g/mol. The van der Waals surface area contributed by atoms with Gasteiger partial charge in [0.2, 0.25) is 0 Å². The molecule has 0 saturated heterocycles. The molecule has 1 aliphatic heterocycles. The normalized spacial score (nSPS) is 14.5. The maximum Gasteiger partial charge on any atom is 0.159 e. The number of nitrogens with one attached hydrogen (secondary N) is 1. The third kappa shape index (κ3) is 5.08. The molecule has 8 aromatic carbocycles. The minimum Gasteiger partial charge on any atom is -0.456 e. The van der Waals surface area contributed by atoms with Gasteiger partial charge in [-0.3, -0.25) is 0 Å². The van der Waals surface area contributed by atoms with Gasteiger partial charge in [0.05, 0.1) is 0 Å². The molecule has 0 amide bonds. The van der Waals surface area contributed by atoms with E-state index in [9.17, 15) is 0 Å². The van der Waals surface area contributed by atoms with Crippen molar-refractivity contribution in [1.82, 2.24) is 5.32 Å². The van der Waals surface area contributed by atoms with Gasteiger partial charge in [-0.1, -0.05) is 158 Å². The molecule has 4 nitrogen and oxygen atoms in total. The Kier molecular flexibility index (Phi) is 6.85. The second-order valence-electron chi connectivity index (χ2n) is 13.0. The fourth-order valence-electron chi connectivity index (χ4n) is 7.47. The summed E-state index contributed by atoms with van der Waals surface area (Å²) < 4.78 is 6.28. The summed E-state index contributed by atoms with van der Waals surface area (Å²) in [4.78, 5) is 10.5. The molecule has 0 radical (unpaired) electrons. The highest BCUT2D eigenvalue weighted by Gasteiger charge is 2.25. The van der Waals surface area contributed by atoms with Crippen LogP contribution in [-0.2, 0) is 0 Å². The first-order chi connectivity index (χ1) is 25.3. The maximum atomic E-state index is 6.28. The third-order valence-electron chi connectivity index (χ3n) is 9.96. The second kappa shape index (κ2) is 12.0. The number of benzene rings is 8. The molecule has 51 heavy (non-hydrogen) atoms. The maximum absolute atomic E-state index is 6.28. The zero-order valence-electron chi connectivity index (χ0n) is 27.6. The van der Waals surface area contributed by atoms with Crippen LogP contribution in [0, 0.1) is 0 Å². The van der Waals surface area contributed by atoms with Gasteiger partial charge in [0.15, 0.2) is 5.84 Å². The topological polar surface area (TPSA) is 49.9 Å². The van der Waals surface area contributed by atoms with Gasteiger partial charge in [0.25, 0.3) is 0 Å². The Balaban J connectivity index is 1.09. The Morgan fingerprint density at radius 2 is 1.12 bits per heavy atom. The SMILES string of the molecule is c1ccc(-c2ccccc2C2=NC(c3ccc(-c4ccc5c(ccc6ccccc65)c4)cc3)=NC(c3cccc4oc5ccccc5c34)N2)cc1. The number of furan rings is 1. The smallest absolute Gasteiger partial charge is 0.159 e. The average Bonchev–Trinajstić information content (AvgIpc) is 3.60. The van der Waals surface area contributed by atoms with Gasteiger partial charge in [-0.2, -0.15) is 0 Å². The number of nitrogens with zero attached hydrogens (tertiary/aromatic N) is 2. The largest absolute Gasteiger partial charge is 0.456 e. The van der Waals surface area contributed by atoms with Crippen LogP contribution in [0.4, 0.5) is 0 Å².